The summed E-state index contributed by atoms with van der Waals surface area (Å²) in [7, 11) is 0. The number of Topliss-reactive ketones (excluding diaryl/α,β-unsaturated/α-hetero) is 1. The zero-order valence-electron chi connectivity index (χ0n) is 12.1. The zero-order valence-corrected chi connectivity index (χ0v) is 12.1. The van der Waals surface area contributed by atoms with Gasteiger partial charge in [0.25, 0.3) is 0 Å². The van der Waals surface area contributed by atoms with Gasteiger partial charge in [-0.25, -0.2) is 4.39 Å². The van der Waals surface area contributed by atoms with Crippen LogP contribution in [0.2, 0.25) is 0 Å². The standard InChI is InChI=1S/C16H15FN2O2/c1-9-14(11(3)21-18-9)7-19-8-15(10(2)20)13-6-12(17)4-5-16(13)19/h4-6,8H,7H2,1-3H3. The summed E-state index contributed by atoms with van der Waals surface area (Å²) in [4.78, 5) is 11.8. The molecular weight excluding hydrogens is 271 g/mol. The molecule has 0 aliphatic heterocycles. The van der Waals surface area contributed by atoms with E-state index in [1.165, 1.54) is 19.1 Å². The number of carbonyl (C=O) groups excluding carboxylic acids is 1. The SMILES string of the molecule is CC(=O)c1cn(Cc2c(C)noc2C)c2ccc(F)cc12. The number of ketones is 1. The summed E-state index contributed by atoms with van der Waals surface area (Å²) >= 11 is 0. The Morgan fingerprint density at radius 2 is 2.14 bits per heavy atom. The number of nitrogens with zero attached hydrogens (tertiary/aromatic N) is 2. The quantitative estimate of drug-likeness (QED) is 0.691. The average Bonchev–Trinajstić information content (AvgIpc) is 2.94. The fourth-order valence-electron chi connectivity index (χ4n) is 2.58. The van der Waals surface area contributed by atoms with E-state index >= 15 is 0 Å². The molecule has 0 unspecified atom stereocenters. The second-order valence-corrected chi connectivity index (χ2v) is 5.19. The molecule has 2 aromatic heterocycles. The lowest BCUT2D eigenvalue weighted by Gasteiger charge is -2.04. The first-order chi connectivity index (χ1) is 9.97. The molecule has 3 aromatic rings. The number of aryl methyl sites for hydroxylation is 2. The van der Waals surface area contributed by atoms with E-state index in [4.69, 9.17) is 4.52 Å². The van der Waals surface area contributed by atoms with Crippen molar-refractivity contribution in [2.24, 2.45) is 0 Å². The van der Waals surface area contributed by atoms with Gasteiger partial charge in [-0.2, -0.15) is 0 Å². The van der Waals surface area contributed by atoms with Crippen molar-refractivity contribution < 1.29 is 13.7 Å². The third-order valence-corrected chi connectivity index (χ3v) is 3.73. The molecule has 1 aromatic carbocycles. The van der Waals surface area contributed by atoms with Crippen LogP contribution in [0.1, 0.15) is 34.3 Å². The predicted molar refractivity (Wildman–Crippen MR) is 77.0 cm³/mol. The Hall–Kier alpha value is -2.43. The van der Waals surface area contributed by atoms with Crippen molar-refractivity contribution in [2.75, 3.05) is 0 Å². The Labute approximate surface area is 121 Å². The van der Waals surface area contributed by atoms with Gasteiger partial charge in [0, 0.05) is 28.2 Å². The molecular formula is C16H15FN2O2. The van der Waals surface area contributed by atoms with Crippen molar-refractivity contribution in [3.63, 3.8) is 0 Å². The van der Waals surface area contributed by atoms with Crippen LogP contribution in [0.3, 0.4) is 0 Å². The summed E-state index contributed by atoms with van der Waals surface area (Å²) in [6, 6.07) is 4.49. The molecule has 0 aliphatic rings. The number of aromatic nitrogens is 2. The Morgan fingerprint density at radius 3 is 2.76 bits per heavy atom. The monoisotopic (exact) mass is 286 g/mol. The van der Waals surface area contributed by atoms with Crippen molar-refractivity contribution in [3.8, 4) is 0 Å². The number of rotatable bonds is 3. The second-order valence-electron chi connectivity index (χ2n) is 5.19. The third-order valence-electron chi connectivity index (χ3n) is 3.73. The molecule has 21 heavy (non-hydrogen) atoms. The summed E-state index contributed by atoms with van der Waals surface area (Å²) < 4.78 is 20.5. The molecule has 0 saturated heterocycles. The van der Waals surface area contributed by atoms with Crippen LogP contribution in [0.4, 0.5) is 4.39 Å². The number of hydrogen-bond acceptors (Lipinski definition) is 3. The first kappa shape index (κ1) is 13.5. The minimum absolute atomic E-state index is 0.0805. The molecule has 0 aliphatic carbocycles. The second kappa shape index (κ2) is 4.84. The van der Waals surface area contributed by atoms with Crippen LogP contribution in [0.15, 0.2) is 28.9 Å². The molecule has 108 valence electrons. The highest BCUT2D eigenvalue weighted by molar-refractivity contribution is 6.07. The smallest absolute Gasteiger partial charge is 0.161 e. The van der Waals surface area contributed by atoms with E-state index < -0.39 is 0 Å². The van der Waals surface area contributed by atoms with Gasteiger partial charge in [-0.3, -0.25) is 4.79 Å². The van der Waals surface area contributed by atoms with Crippen molar-refractivity contribution in [2.45, 2.75) is 27.3 Å². The Kier molecular flexibility index (Phi) is 3.12. The van der Waals surface area contributed by atoms with Gasteiger partial charge < -0.3 is 9.09 Å². The van der Waals surface area contributed by atoms with Crippen LogP contribution in [-0.2, 0) is 6.54 Å². The number of benzene rings is 1. The molecule has 0 spiro atoms. The lowest BCUT2D eigenvalue weighted by atomic mass is 10.1. The fourth-order valence-corrected chi connectivity index (χ4v) is 2.58. The highest BCUT2D eigenvalue weighted by Crippen LogP contribution is 2.25. The number of halogens is 1. The summed E-state index contributed by atoms with van der Waals surface area (Å²) in [5.41, 5.74) is 3.14. The van der Waals surface area contributed by atoms with Crippen LogP contribution in [0.25, 0.3) is 10.9 Å². The van der Waals surface area contributed by atoms with E-state index in [2.05, 4.69) is 5.16 Å². The van der Waals surface area contributed by atoms with Gasteiger partial charge in [0.1, 0.15) is 11.6 Å². The van der Waals surface area contributed by atoms with Gasteiger partial charge in [-0.1, -0.05) is 5.16 Å². The maximum absolute atomic E-state index is 13.4. The van der Waals surface area contributed by atoms with Crippen LogP contribution in [0, 0.1) is 19.7 Å². The third kappa shape index (κ3) is 2.24. The summed E-state index contributed by atoms with van der Waals surface area (Å²) in [6.45, 7) is 5.76. The normalized spacial score (nSPS) is 11.2. The van der Waals surface area contributed by atoms with E-state index in [-0.39, 0.29) is 11.6 Å². The Bertz CT molecular complexity index is 826. The Balaban J connectivity index is 2.17. The molecule has 0 radical (unpaired) electrons. The van der Waals surface area contributed by atoms with Crippen LogP contribution < -0.4 is 0 Å². The number of fused-ring (bicyclic) bond motifs is 1. The van der Waals surface area contributed by atoms with Crippen molar-refractivity contribution >= 4 is 16.7 Å². The molecule has 2 heterocycles. The van der Waals surface area contributed by atoms with Gasteiger partial charge in [0.2, 0.25) is 0 Å². The number of hydrogen-bond donors (Lipinski definition) is 0. The lowest BCUT2D eigenvalue weighted by molar-refractivity contribution is 0.101. The molecule has 4 nitrogen and oxygen atoms in total. The topological polar surface area (TPSA) is 48.0 Å². The first-order valence-corrected chi connectivity index (χ1v) is 6.68. The van der Waals surface area contributed by atoms with E-state index in [9.17, 15) is 9.18 Å². The maximum Gasteiger partial charge on any atom is 0.161 e. The van der Waals surface area contributed by atoms with E-state index in [0.29, 0.717) is 17.5 Å². The van der Waals surface area contributed by atoms with Crippen LogP contribution in [0.5, 0.6) is 0 Å². The zero-order chi connectivity index (χ0) is 15.1. The van der Waals surface area contributed by atoms with Crippen LogP contribution >= 0.6 is 0 Å². The van der Waals surface area contributed by atoms with E-state index in [1.807, 2.05) is 18.4 Å². The van der Waals surface area contributed by atoms with Crippen LogP contribution in [-0.4, -0.2) is 15.5 Å². The van der Waals surface area contributed by atoms with E-state index in [1.54, 1.807) is 12.3 Å². The first-order valence-electron chi connectivity index (χ1n) is 6.68. The average molecular weight is 286 g/mol. The minimum atomic E-state index is -0.347. The highest BCUT2D eigenvalue weighted by atomic mass is 19.1. The number of carbonyl (C=O) groups is 1. The van der Waals surface area contributed by atoms with E-state index in [0.717, 1.165) is 22.5 Å². The molecule has 3 rings (SSSR count). The molecule has 0 atom stereocenters. The van der Waals surface area contributed by atoms with Gasteiger partial charge in [0.15, 0.2) is 5.78 Å². The molecule has 0 fully saturated rings. The Morgan fingerprint density at radius 1 is 1.38 bits per heavy atom. The van der Waals surface area contributed by atoms with Gasteiger partial charge in [-0.05, 0) is 39.0 Å². The molecule has 0 N–H and O–H groups in total. The molecule has 0 saturated carbocycles. The van der Waals surface area contributed by atoms with Crippen molar-refractivity contribution in [1.29, 1.82) is 0 Å². The maximum atomic E-state index is 13.4. The van der Waals surface area contributed by atoms with Gasteiger partial charge in [-0.15, -0.1) is 0 Å². The van der Waals surface area contributed by atoms with Crippen molar-refractivity contribution in [3.05, 3.63) is 52.8 Å². The summed E-state index contributed by atoms with van der Waals surface area (Å²) in [5, 5.41) is 4.57. The summed E-state index contributed by atoms with van der Waals surface area (Å²) in [5.74, 6) is 0.323. The van der Waals surface area contributed by atoms with Gasteiger partial charge >= 0.3 is 0 Å². The summed E-state index contributed by atoms with van der Waals surface area (Å²) in [6.07, 6.45) is 1.76. The fraction of sp³-hybridized carbons (Fsp3) is 0.250. The van der Waals surface area contributed by atoms with Crippen molar-refractivity contribution in [1.82, 2.24) is 9.72 Å². The largest absolute Gasteiger partial charge is 0.361 e. The molecule has 5 heteroatoms. The molecule has 0 bridgehead atoms. The lowest BCUT2D eigenvalue weighted by Crippen LogP contribution is -2.00. The predicted octanol–water partition coefficient (Wildman–Crippen LogP) is 3.64. The van der Waals surface area contributed by atoms with Gasteiger partial charge in [0.05, 0.1) is 12.2 Å². The minimum Gasteiger partial charge on any atom is -0.361 e. The molecule has 0 amide bonds. The highest BCUT2D eigenvalue weighted by Gasteiger charge is 2.16.